The van der Waals surface area contributed by atoms with Gasteiger partial charge in [-0.3, -0.25) is 4.79 Å². The van der Waals surface area contributed by atoms with Crippen molar-refractivity contribution in [3.63, 3.8) is 0 Å². The number of hydrogen-bond acceptors (Lipinski definition) is 2. The Hall–Kier alpha value is -1.94. The van der Waals surface area contributed by atoms with Gasteiger partial charge in [-0.05, 0) is 36.8 Å². The van der Waals surface area contributed by atoms with Crippen molar-refractivity contribution in [1.29, 1.82) is 0 Å². The number of rotatable bonds is 6. The first-order valence-corrected chi connectivity index (χ1v) is 7.23. The highest BCUT2D eigenvalue weighted by molar-refractivity contribution is 6.30. The van der Waals surface area contributed by atoms with Crippen molar-refractivity contribution in [2.45, 2.75) is 24.9 Å². The first kappa shape index (κ1) is 15.4. The molecule has 1 heterocycles. The van der Waals surface area contributed by atoms with Crippen LogP contribution >= 0.6 is 11.6 Å². The lowest BCUT2D eigenvalue weighted by atomic mass is 10.1. The van der Waals surface area contributed by atoms with Gasteiger partial charge in [-0.15, -0.1) is 11.6 Å². The summed E-state index contributed by atoms with van der Waals surface area (Å²) in [6, 6.07) is 11.1. The molecule has 0 bridgehead atoms. The van der Waals surface area contributed by atoms with Crippen LogP contribution in [0.5, 0.6) is 5.75 Å². The van der Waals surface area contributed by atoms with Crippen LogP contribution in [0.15, 0.2) is 48.8 Å². The van der Waals surface area contributed by atoms with E-state index in [1.54, 1.807) is 31.4 Å². The molecule has 112 valence electrons. The number of amides is 1. The molecular weight excluding hydrogens is 288 g/mol. The van der Waals surface area contributed by atoms with Crippen LogP contribution in [0.4, 0.5) is 0 Å². The minimum absolute atomic E-state index is 0.00407. The molecule has 2 rings (SSSR count). The van der Waals surface area contributed by atoms with Crippen LogP contribution in [0.2, 0.25) is 0 Å². The molecule has 2 unspecified atom stereocenters. The summed E-state index contributed by atoms with van der Waals surface area (Å²) in [6.07, 6.45) is 3.93. The van der Waals surface area contributed by atoms with Gasteiger partial charge in [0.1, 0.15) is 11.1 Å². The van der Waals surface area contributed by atoms with Crippen LogP contribution < -0.4 is 10.1 Å². The van der Waals surface area contributed by atoms with Crippen molar-refractivity contribution >= 4 is 17.5 Å². The van der Waals surface area contributed by atoms with E-state index in [9.17, 15) is 4.79 Å². The van der Waals surface area contributed by atoms with Crippen LogP contribution in [0.25, 0.3) is 0 Å². The summed E-state index contributed by atoms with van der Waals surface area (Å²) in [5.74, 6) is 0.547. The van der Waals surface area contributed by atoms with Crippen LogP contribution in [-0.4, -0.2) is 23.6 Å². The summed E-state index contributed by atoms with van der Waals surface area (Å²) in [4.78, 5) is 12.2. The van der Waals surface area contributed by atoms with Crippen molar-refractivity contribution < 1.29 is 9.53 Å². The molecule has 0 fully saturated rings. The Morgan fingerprint density at radius 3 is 2.48 bits per heavy atom. The number of ether oxygens (including phenoxy) is 1. The van der Waals surface area contributed by atoms with Crippen LogP contribution in [0, 0.1) is 0 Å². The van der Waals surface area contributed by atoms with E-state index in [4.69, 9.17) is 16.3 Å². The molecular formula is C16H19ClN2O2. The quantitative estimate of drug-likeness (QED) is 0.834. The van der Waals surface area contributed by atoms with E-state index in [1.807, 2.05) is 36.0 Å². The zero-order valence-electron chi connectivity index (χ0n) is 12.1. The molecule has 2 aromatic rings. The molecule has 4 nitrogen and oxygen atoms in total. The van der Waals surface area contributed by atoms with Crippen molar-refractivity contribution in [2.75, 3.05) is 7.11 Å². The van der Waals surface area contributed by atoms with Gasteiger partial charge in [0.25, 0.3) is 0 Å². The Kier molecular flexibility index (Phi) is 5.28. The first-order valence-electron chi connectivity index (χ1n) is 6.79. The summed E-state index contributed by atoms with van der Waals surface area (Å²) >= 11 is 6.22. The highest BCUT2D eigenvalue weighted by Crippen LogP contribution is 2.23. The van der Waals surface area contributed by atoms with Crippen molar-refractivity contribution in [1.82, 2.24) is 9.88 Å². The number of nitrogens with one attached hydrogen (secondary N) is 1. The second-order valence-electron chi connectivity index (χ2n) is 4.93. The summed E-state index contributed by atoms with van der Waals surface area (Å²) < 4.78 is 7.10. The normalized spacial score (nSPS) is 13.5. The Bertz CT molecular complexity index is 566. The molecule has 1 amide bonds. The Balaban J connectivity index is 1.92. The number of carbonyl (C=O) groups is 1. The molecule has 1 aromatic carbocycles. The van der Waals surface area contributed by atoms with E-state index in [-0.39, 0.29) is 11.9 Å². The summed E-state index contributed by atoms with van der Waals surface area (Å²) in [7, 11) is 1.60. The summed E-state index contributed by atoms with van der Waals surface area (Å²) in [6.45, 7) is 2.67. The second kappa shape index (κ2) is 7.18. The lowest BCUT2D eigenvalue weighted by Crippen LogP contribution is -2.37. The number of halogens is 1. The molecule has 21 heavy (non-hydrogen) atoms. The standard InChI is InChI=1S/C16H19ClN2O2/c1-12(11-19-9-3-4-10-19)18-16(20)15(17)13-5-7-14(21-2)8-6-13/h3-10,12,15H,11H2,1-2H3,(H,18,20). The topological polar surface area (TPSA) is 43.3 Å². The van der Waals surface area contributed by atoms with Gasteiger partial charge in [0.2, 0.25) is 5.91 Å². The highest BCUT2D eigenvalue weighted by atomic mass is 35.5. The van der Waals surface area contributed by atoms with Gasteiger partial charge in [-0.1, -0.05) is 12.1 Å². The third-order valence-electron chi connectivity index (χ3n) is 3.18. The average molecular weight is 307 g/mol. The number of carbonyl (C=O) groups excluding carboxylic acids is 1. The zero-order valence-corrected chi connectivity index (χ0v) is 12.9. The zero-order chi connectivity index (χ0) is 15.2. The van der Waals surface area contributed by atoms with E-state index < -0.39 is 5.38 Å². The van der Waals surface area contributed by atoms with E-state index in [2.05, 4.69) is 5.32 Å². The van der Waals surface area contributed by atoms with Gasteiger partial charge < -0.3 is 14.6 Å². The summed E-state index contributed by atoms with van der Waals surface area (Å²) in [5, 5.41) is 2.22. The monoisotopic (exact) mass is 306 g/mol. The van der Waals surface area contributed by atoms with Gasteiger partial charge in [-0.2, -0.15) is 0 Å². The number of benzene rings is 1. The van der Waals surface area contributed by atoms with Gasteiger partial charge in [0.05, 0.1) is 7.11 Å². The van der Waals surface area contributed by atoms with Gasteiger partial charge in [-0.25, -0.2) is 0 Å². The van der Waals surface area contributed by atoms with Crippen LogP contribution in [-0.2, 0) is 11.3 Å². The number of alkyl halides is 1. The number of hydrogen-bond donors (Lipinski definition) is 1. The molecule has 1 N–H and O–H groups in total. The van der Waals surface area contributed by atoms with Crippen molar-refractivity contribution in [3.05, 3.63) is 54.4 Å². The smallest absolute Gasteiger partial charge is 0.242 e. The van der Waals surface area contributed by atoms with Crippen LogP contribution in [0.3, 0.4) is 0 Å². The number of aromatic nitrogens is 1. The molecule has 0 spiro atoms. The molecule has 0 aliphatic heterocycles. The maximum Gasteiger partial charge on any atom is 0.242 e. The average Bonchev–Trinajstić information content (AvgIpc) is 2.99. The van der Waals surface area contributed by atoms with E-state index >= 15 is 0 Å². The van der Waals surface area contributed by atoms with Crippen molar-refractivity contribution in [3.8, 4) is 5.75 Å². The molecule has 0 radical (unpaired) electrons. The van der Waals surface area contributed by atoms with E-state index in [1.165, 1.54) is 0 Å². The fraction of sp³-hybridized carbons (Fsp3) is 0.312. The minimum atomic E-state index is -0.706. The minimum Gasteiger partial charge on any atom is -0.497 e. The maximum atomic E-state index is 12.2. The molecule has 5 heteroatoms. The molecule has 0 saturated carbocycles. The van der Waals surface area contributed by atoms with Gasteiger partial charge >= 0.3 is 0 Å². The highest BCUT2D eigenvalue weighted by Gasteiger charge is 2.19. The lowest BCUT2D eigenvalue weighted by Gasteiger charge is -2.17. The predicted molar refractivity (Wildman–Crippen MR) is 83.6 cm³/mol. The predicted octanol–water partition coefficient (Wildman–Crippen LogP) is 2.98. The molecule has 1 aromatic heterocycles. The molecule has 0 saturated heterocycles. The maximum absolute atomic E-state index is 12.2. The Labute approximate surface area is 129 Å². The SMILES string of the molecule is COc1ccc(C(Cl)C(=O)NC(C)Cn2cccc2)cc1. The third-order valence-corrected chi connectivity index (χ3v) is 3.63. The van der Waals surface area contributed by atoms with E-state index in [0.717, 1.165) is 11.3 Å². The molecule has 2 atom stereocenters. The molecule has 0 aliphatic rings. The van der Waals surface area contributed by atoms with E-state index in [0.29, 0.717) is 6.54 Å². The fourth-order valence-electron chi connectivity index (χ4n) is 2.09. The third kappa shape index (κ3) is 4.26. The molecule has 0 aliphatic carbocycles. The lowest BCUT2D eigenvalue weighted by molar-refractivity contribution is -0.121. The van der Waals surface area contributed by atoms with Gasteiger partial charge in [0, 0.05) is 25.0 Å². The number of nitrogens with zero attached hydrogens (tertiary/aromatic N) is 1. The second-order valence-corrected chi connectivity index (χ2v) is 5.36. The largest absolute Gasteiger partial charge is 0.497 e. The first-order chi connectivity index (χ1) is 10.1. The Morgan fingerprint density at radius 2 is 1.90 bits per heavy atom. The van der Waals surface area contributed by atoms with Crippen LogP contribution in [0.1, 0.15) is 17.9 Å². The number of methoxy groups -OCH3 is 1. The Morgan fingerprint density at radius 1 is 1.29 bits per heavy atom. The summed E-state index contributed by atoms with van der Waals surface area (Å²) in [5.41, 5.74) is 0.753. The van der Waals surface area contributed by atoms with Gasteiger partial charge in [0.15, 0.2) is 0 Å². The fourth-order valence-corrected chi connectivity index (χ4v) is 2.30. The van der Waals surface area contributed by atoms with Crippen molar-refractivity contribution in [2.24, 2.45) is 0 Å².